The molecule has 2 heterocycles. The topological polar surface area (TPSA) is 68.3 Å². The highest BCUT2D eigenvalue weighted by Gasteiger charge is 2.19. The van der Waals surface area contributed by atoms with Gasteiger partial charge in [-0.25, -0.2) is 0 Å². The van der Waals surface area contributed by atoms with Crippen molar-refractivity contribution < 1.29 is 13.7 Å². The molecule has 0 unspecified atom stereocenters. The van der Waals surface area contributed by atoms with E-state index in [4.69, 9.17) is 8.94 Å². The Morgan fingerprint density at radius 2 is 2.28 bits per heavy atom. The summed E-state index contributed by atoms with van der Waals surface area (Å²) in [7, 11) is 0. The Hall–Kier alpha value is -2.04. The molecule has 1 amide bonds. The number of furan rings is 1. The van der Waals surface area contributed by atoms with Gasteiger partial charge in [0.05, 0.1) is 12.0 Å². The van der Waals surface area contributed by atoms with Gasteiger partial charge >= 0.3 is 0 Å². The third-order valence-corrected chi connectivity index (χ3v) is 2.73. The summed E-state index contributed by atoms with van der Waals surface area (Å²) in [5, 5.41) is 6.67. The molecule has 18 heavy (non-hydrogen) atoms. The van der Waals surface area contributed by atoms with Crippen molar-refractivity contribution >= 4 is 5.91 Å². The number of amides is 1. The maximum atomic E-state index is 12.0. The number of aromatic nitrogens is 1. The highest BCUT2D eigenvalue weighted by Crippen LogP contribution is 2.12. The molecule has 2 aromatic heterocycles. The van der Waals surface area contributed by atoms with Gasteiger partial charge in [0.1, 0.15) is 17.1 Å². The minimum absolute atomic E-state index is 0.0163. The Bertz CT molecular complexity index is 509. The quantitative estimate of drug-likeness (QED) is 0.901. The molecule has 0 spiro atoms. The maximum Gasteiger partial charge on any atom is 0.257 e. The van der Waals surface area contributed by atoms with E-state index in [1.807, 2.05) is 19.1 Å². The smallest absolute Gasteiger partial charge is 0.257 e. The minimum Gasteiger partial charge on any atom is -0.469 e. The van der Waals surface area contributed by atoms with Crippen molar-refractivity contribution in [3.05, 3.63) is 41.2 Å². The van der Waals surface area contributed by atoms with Crippen LogP contribution in [0.2, 0.25) is 0 Å². The molecule has 0 aliphatic carbocycles. The molecule has 2 aromatic rings. The molecule has 96 valence electrons. The van der Waals surface area contributed by atoms with E-state index in [-0.39, 0.29) is 11.9 Å². The summed E-state index contributed by atoms with van der Waals surface area (Å²) >= 11 is 0. The fourth-order valence-electron chi connectivity index (χ4n) is 1.88. The predicted molar refractivity (Wildman–Crippen MR) is 65.3 cm³/mol. The zero-order valence-corrected chi connectivity index (χ0v) is 10.7. The van der Waals surface area contributed by atoms with E-state index in [1.54, 1.807) is 20.1 Å². The summed E-state index contributed by atoms with van der Waals surface area (Å²) in [5.74, 6) is 1.22. The number of hydrogen-bond acceptors (Lipinski definition) is 4. The molecule has 5 nitrogen and oxygen atoms in total. The van der Waals surface area contributed by atoms with Crippen LogP contribution in [0.5, 0.6) is 0 Å². The third-order valence-electron chi connectivity index (χ3n) is 2.73. The second-order valence-corrected chi connectivity index (χ2v) is 4.36. The van der Waals surface area contributed by atoms with Gasteiger partial charge in [0.15, 0.2) is 0 Å². The average molecular weight is 248 g/mol. The van der Waals surface area contributed by atoms with Crippen molar-refractivity contribution in [2.75, 3.05) is 0 Å². The largest absolute Gasteiger partial charge is 0.469 e. The van der Waals surface area contributed by atoms with Crippen LogP contribution in [0, 0.1) is 13.8 Å². The number of rotatable bonds is 4. The molecule has 0 saturated carbocycles. The van der Waals surface area contributed by atoms with Crippen LogP contribution in [0.3, 0.4) is 0 Å². The van der Waals surface area contributed by atoms with Crippen molar-refractivity contribution in [3.8, 4) is 0 Å². The number of carbonyl (C=O) groups is 1. The lowest BCUT2D eigenvalue weighted by Gasteiger charge is -2.12. The number of nitrogens with zero attached hydrogens (tertiary/aromatic N) is 1. The summed E-state index contributed by atoms with van der Waals surface area (Å²) in [6.45, 7) is 5.41. The summed E-state index contributed by atoms with van der Waals surface area (Å²) in [5.41, 5.74) is 1.12. The molecule has 0 aliphatic rings. The van der Waals surface area contributed by atoms with Gasteiger partial charge in [-0.2, -0.15) is 0 Å². The number of nitrogens with one attached hydrogen (secondary N) is 1. The first-order valence-corrected chi connectivity index (χ1v) is 5.84. The van der Waals surface area contributed by atoms with Gasteiger partial charge in [-0.15, -0.1) is 0 Å². The fraction of sp³-hybridized carbons (Fsp3) is 0.385. The Balaban J connectivity index is 1.99. The summed E-state index contributed by atoms with van der Waals surface area (Å²) in [6.07, 6.45) is 2.28. The zero-order chi connectivity index (χ0) is 13.1. The molecule has 0 aromatic carbocycles. The van der Waals surface area contributed by atoms with Crippen LogP contribution in [0.15, 0.2) is 27.3 Å². The van der Waals surface area contributed by atoms with E-state index in [1.165, 1.54) is 0 Å². The standard InChI is InChI=1S/C13H16N2O3/c1-8(7-11-5-4-6-17-11)14-13(16)12-9(2)15-18-10(12)3/h4-6,8H,7H2,1-3H3,(H,14,16)/t8-/m0/s1. The van der Waals surface area contributed by atoms with E-state index in [9.17, 15) is 4.79 Å². The van der Waals surface area contributed by atoms with Crippen LogP contribution in [-0.4, -0.2) is 17.1 Å². The van der Waals surface area contributed by atoms with E-state index in [0.717, 1.165) is 5.76 Å². The van der Waals surface area contributed by atoms with Crippen LogP contribution in [0.4, 0.5) is 0 Å². The van der Waals surface area contributed by atoms with Crippen molar-refractivity contribution in [1.82, 2.24) is 10.5 Å². The normalized spacial score (nSPS) is 12.4. The van der Waals surface area contributed by atoms with Crippen molar-refractivity contribution in [1.29, 1.82) is 0 Å². The van der Waals surface area contributed by atoms with E-state index >= 15 is 0 Å². The molecule has 5 heteroatoms. The average Bonchev–Trinajstić information content (AvgIpc) is 2.89. The summed E-state index contributed by atoms with van der Waals surface area (Å²) < 4.78 is 10.2. The van der Waals surface area contributed by atoms with Gasteiger partial charge < -0.3 is 14.3 Å². The first-order valence-electron chi connectivity index (χ1n) is 5.84. The van der Waals surface area contributed by atoms with Crippen LogP contribution in [-0.2, 0) is 6.42 Å². The SMILES string of the molecule is Cc1noc(C)c1C(=O)N[C@@H](C)Cc1ccco1. The lowest BCUT2D eigenvalue weighted by atomic mass is 10.1. The molecule has 2 rings (SSSR count). The molecule has 0 fully saturated rings. The summed E-state index contributed by atoms with van der Waals surface area (Å²) in [4.78, 5) is 12.0. The molecular formula is C13H16N2O3. The highest BCUT2D eigenvalue weighted by molar-refractivity contribution is 5.96. The first kappa shape index (κ1) is 12.4. The molecule has 1 atom stereocenters. The molecule has 0 bridgehead atoms. The Morgan fingerprint density at radius 1 is 1.50 bits per heavy atom. The maximum absolute atomic E-state index is 12.0. The molecule has 0 radical (unpaired) electrons. The number of aryl methyl sites for hydroxylation is 2. The van der Waals surface area contributed by atoms with Crippen LogP contribution in [0.25, 0.3) is 0 Å². The second-order valence-electron chi connectivity index (χ2n) is 4.36. The van der Waals surface area contributed by atoms with Gasteiger partial charge in [0, 0.05) is 12.5 Å². The zero-order valence-electron chi connectivity index (χ0n) is 10.7. The van der Waals surface area contributed by atoms with E-state index < -0.39 is 0 Å². The number of carbonyl (C=O) groups excluding carboxylic acids is 1. The van der Waals surface area contributed by atoms with Crippen molar-refractivity contribution in [2.45, 2.75) is 33.2 Å². The summed E-state index contributed by atoms with van der Waals surface area (Å²) in [6, 6.07) is 3.70. The minimum atomic E-state index is -0.162. The van der Waals surface area contributed by atoms with Crippen LogP contribution in [0.1, 0.15) is 34.5 Å². The lowest BCUT2D eigenvalue weighted by Crippen LogP contribution is -2.34. The molecule has 1 N–H and O–H groups in total. The lowest BCUT2D eigenvalue weighted by molar-refractivity contribution is 0.0937. The van der Waals surface area contributed by atoms with Crippen molar-refractivity contribution in [2.24, 2.45) is 0 Å². The highest BCUT2D eigenvalue weighted by atomic mass is 16.5. The molecule has 0 saturated heterocycles. The van der Waals surface area contributed by atoms with E-state index in [0.29, 0.717) is 23.4 Å². The Kier molecular flexibility index (Phi) is 3.50. The van der Waals surface area contributed by atoms with Gasteiger partial charge in [-0.1, -0.05) is 5.16 Å². The Morgan fingerprint density at radius 3 is 2.83 bits per heavy atom. The van der Waals surface area contributed by atoms with Gasteiger partial charge in [-0.3, -0.25) is 4.79 Å². The first-order chi connectivity index (χ1) is 8.58. The second kappa shape index (κ2) is 5.08. The third kappa shape index (κ3) is 2.61. The van der Waals surface area contributed by atoms with Gasteiger partial charge in [-0.05, 0) is 32.9 Å². The number of hydrogen-bond donors (Lipinski definition) is 1. The van der Waals surface area contributed by atoms with Crippen LogP contribution >= 0.6 is 0 Å². The fourth-order valence-corrected chi connectivity index (χ4v) is 1.88. The molecular weight excluding hydrogens is 232 g/mol. The monoisotopic (exact) mass is 248 g/mol. The van der Waals surface area contributed by atoms with Crippen LogP contribution < -0.4 is 5.32 Å². The van der Waals surface area contributed by atoms with Crippen molar-refractivity contribution in [3.63, 3.8) is 0 Å². The van der Waals surface area contributed by atoms with Gasteiger partial charge in [0.2, 0.25) is 0 Å². The van der Waals surface area contributed by atoms with Gasteiger partial charge in [0.25, 0.3) is 5.91 Å². The Labute approximate surface area is 105 Å². The van der Waals surface area contributed by atoms with E-state index in [2.05, 4.69) is 10.5 Å². The predicted octanol–water partition coefficient (Wildman–Crippen LogP) is 2.25. The molecule has 0 aliphatic heterocycles.